The predicted octanol–water partition coefficient (Wildman–Crippen LogP) is 1.69. The Hall–Kier alpha value is -3.95. The third-order valence-electron chi connectivity index (χ3n) is 4.27. The summed E-state index contributed by atoms with van der Waals surface area (Å²) in [5, 5.41) is 15.3. The van der Waals surface area contributed by atoms with Gasteiger partial charge in [-0.3, -0.25) is 20.0 Å². The van der Waals surface area contributed by atoms with Crippen molar-refractivity contribution < 1.29 is 19.1 Å². The van der Waals surface area contributed by atoms with E-state index in [4.69, 9.17) is 15.9 Å². The molecule has 10 nitrogen and oxygen atoms in total. The van der Waals surface area contributed by atoms with Gasteiger partial charge in [0.1, 0.15) is 11.9 Å². The summed E-state index contributed by atoms with van der Waals surface area (Å²) in [6, 6.07) is 7.73. The Balaban J connectivity index is 1.96. The first-order valence-corrected chi connectivity index (χ1v) is 9.68. The van der Waals surface area contributed by atoms with Crippen molar-refractivity contribution in [2.24, 2.45) is 5.73 Å². The molecule has 0 aliphatic carbocycles. The maximum atomic E-state index is 12.6. The van der Waals surface area contributed by atoms with Gasteiger partial charge >= 0.3 is 12.0 Å². The molecule has 0 fully saturated rings. The lowest BCUT2D eigenvalue weighted by Gasteiger charge is -2.21. The highest BCUT2D eigenvalue weighted by molar-refractivity contribution is 5.96. The fourth-order valence-corrected chi connectivity index (χ4v) is 2.68. The number of nitrogens with one attached hydrogen (secondary N) is 4. The quantitative estimate of drug-likeness (QED) is 0.233. The van der Waals surface area contributed by atoms with E-state index in [0.29, 0.717) is 16.8 Å². The number of amides is 3. The van der Waals surface area contributed by atoms with Crippen LogP contribution in [0.15, 0.2) is 48.8 Å². The molecule has 164 valence electrons. The van der Waals surface area contributed by atoms with Crippen LogP contribution in [-0.2, 0) is 14.3 Å². The first-order valence-electron chi connectivity index (χ1n) is 9.68. The number of hydrogen-bond acceptors (Lipinski definition) is 6. The molecule has 1 aromatic heterocycles. The van der Waals surface area contributed by atoms with E-state index < -0.39 is 30.0 Å². The third-order valence-corrected chi connectivity index (χ3v) is 4.27. The lowest BCUT2D eigenvalue weighted by Crippen LogP contribution is -2.47. The highest BCUT2D eigenvalue weighted by Gasteiger charge is 2.23. The number of carbonyl (C=O) groups is 3. The summed E-state index contributed by atoms with van der Waals surface area (Å²) >= 11 is 0. The van der Waals surface area contributed by atoms with Gasteiger partial charge < -0.3 is 26.4 Å². The van der Waals surface area contributed by atoms with E-state index in [0.717, 1.165) is 0 Å². The lowest BCUT2D eigenvalue weighted by molar-refractivity contribution is -0.143. The molecule has 6 N–H and O–H groups in total. The van der Waals surface area contributed by atoms with Crippen LogP contribution in [0.4, 0.5) is 10.5 Å². The Morgan fingerprint density at radius 1 is 1.16 bits per heavy atom. The number of esters is 1. The van der Waals surface area contributed by atoms with Gasteiger partial charge in [-0.1, -0.05) is 6.07 Å². The largest absolute Gasteiger partial charge is 0.466 e. The number of pyridine rings is 1. The zero-order valence-electron chi connectivity index (χ0n) is 17.3. The normalized spacial score (nSPS) is 12.2. The van der Waals surface area contributed by atoms with Gasteiger partial charge in [0.05, 0.1) is 19.1 Å². The second-order valence-electron chi connectivity index (χ2n) is 6.67. The molecule has 1 aromatic carbocycles. The number of nitrogens with two attached hydrogens (primary N) is 1. The summed E-state index contributed by atoms with van der Waals surface area (Å²) in [7, 11) is 0. The van der Waals surface area contributed by atoms with Gasteiger partial charge in [0.2, 0.25) is 5.91 Å². The highest BCUT2D eigenvalue weighted by atomic mass is 16.5. The summed E-state index contributed by atoms with van der Waals surface area (Å²) < 4.78 is 4.98. The van der Waals surface area contributed by atoms with Gasteiger partial charge in [0.15, 0.2) is 0 Å². The zero-order valence-corrected chi connectivity index (χ0v) is 17.3. The van der Waals surface area contributed by atoms with E-state index in [9.17, 15) is 14.4 Å². The van der Waals surface area contributed by atoms with E-state index in [2.05, 4.69) is 20.9 Å². The molecule has 2 rings (SSSR count). The molecule has 2 aromatic rings. The van der Waals surface area contributed by atoms with Crippen LogP contribution in [0.5, 0.6) is 0 Å². The Morgan fingerprint density at radius 3 is 2.45 bits per heavy atom. The number of carbonyl (C=O) groups excluding carboxylic acids is 3. The van der Waals surface area contributed by atoms with Crippen LogP contribution in [0.25, 0.3) is 0 Å². The van der Waals surface area contributed by atoms with Crippen molar-refractivity contribution in [2.45, 2.75) is 32.4 Å². The van der Waals surface area contributed by atoms with Gasteiger partial charge in [0.25, 0.3) is 0 Å². The number of urea groups is 1. The molecular formula is C21H26N6O4. The van der Waals surface area contributed by atoms with Gasteiger partial charge in [-0.2, -0.15) is 0 Å². The Bertz CT molecular complexity index is 917. The molecular weight excluding hydrogens is 400 g/mol. The Labute approximate surface area is 180 Å². The van der Waals surface area contributed by atoms with Gasteiger partial charge in [-0.15, -0.1) is 0 Å². The maximum Gasteiger partial charge on any atom is 0.319 e. The monoisotopic (exact) mass is 426 g/mol. The molecule has 0 saturated heterocycles. The fourth-order valence-electron chi connectivity index (χ4n) is 2.68. The number of anilines is 1. The molecule has 0 saturated carbocycles. The summed E-state index contributed by atoms with van der Waals surface area (Å²) in [5.41, 5.74) is 7.05. The molecule has 1 heterocycles. The van der Waals surface area contributed by atoms with E-state index in [1.165, 1.54) is 6.92 Å². The smallest absolute Gasteiger partial charge is 0.319 e. The number of nitrogens with zero attached hydrogens (tertiary/aromatic N) is 1. The van der Waals surface area contributed by atoms with E-state index in [-0.39, 0.29) is 18.9 Å². The molecule has 31 heavy (non-hydrogen) atoms. The molecule has 0 radical (unpaired) electrons. The minimum atomic E-state index is -0.877. The molecule has 2 atom stereocenters. The SMILES string of the molecule is CCOC(=O)CC(NC(=O)C(C)NC(=O)Nc1ccc(C(=N)N)cc1)c1cccnc1. The van der Waals surface area contributed by atoms with Crippen molar-refractivity contribution in [2.75, 3.05) is 11.9 Å². The first-order chi connectivity index (χ1) is 14.8. The number of nitrogen functional groups attached to an aromatic ring is 1. The maximum absolute atomic E-state index is 12.6. The molecule has 0 spiro atoms. The number of benzene rings is 1. The summed E-state index contributed by atoms with van der Waals surface area (Å²) in [4.78, 5) is 40.8. The minimum absolute atomic E-state index is 0.0628. The molecule has 3 amide bonds. The third kappa shape index (κ3) is 7.42. The Morgan fingerprint density at radius 2 is 1.87 bits per heavy atom. The minimum Gasteiger partial charge on any atom is -0.466 e. The lowest BCUT2D eigenvalue weighted by atomic mass is 10.1. The second-order valence-corrected chi connectivity index (χ2v) is 6.67. The van der Waals surface area contributed by atoms with Crippen molar-refractivity contribution >= 4 is 29.4 Å². The second kappa shape index (κ2) is 11.3. The van der Waals surface area contributed by atoms with Crippen LogP contribution in [0.3, 0.4) is 0 Å². The molecule has 10 heteroatoms. The van der Waals surface area contributed by atoms with Crippen molar-refractivity contribution in [3.63, 3.8) is 0 Å². The first kappa shape index (κ1) is 23.3. The van der Waals surface area contributed by atoms with E-state index in [1.807, 2.05) is 0 Å². The summed E-state index contributed by atoms with van der Waals surface area (Å²) in [5.74, 6) is -1.00. The summed E-state index contributed by atoms with van der Waals surface area (Å²) in [6.07, 6.45) is 3.08. The van der Waals surface area contributed by atoms with Crippen LogP contribution in [-0.4, -0.2) is 41.4 Å². The number of ether oxygens (including phenoxy) is 1. The number of amidine groups is 1. The van der Waals surface area contributed by atoms with Crippen LogP contribution >= 0.6 is 0 Å². The van der Waals surface area contributed by atoms with Crippen LogP contribution in [0, 0.1) is 5.41 Å². The van der Waals surface area contributed by atoms with Crippen molar-refractivity contribution in [1.29, 1.82) is 5.41 Å². The number of rotatable bonds is 9. The highest BCUT2D eigenvalue weighted by Crippen LogP contribution is 2.17. The van der Waals surface area contributed by atoms with Gasteiger partial charge in [0, 0.05) is 23.6 Å². The van der Waals surface area contributed by atoms with Crippen molar-refractivity contribution in [1.82, 2.24) is 15.6 Å². The molecule has 2 unspecified atom stereocenters. The predicted molar refractivity (Wildman–Crippen MR) is 115 cm³/mol. The molecule has 0 aliphatic rings. The topological polar surface area (TPSA) is 159 Å². The average Bonchev–Trinajstić information content (AvgIpc) is 2.74. The number of aromatic nitrogens is 1. The van der Waals surface area contributed by atoms with Gasteiger partial charge in [-0.25, -0.2) is 4.79 Å². The van der Waals surface area contributed by atoms with Crippen molar-refractivity contribution in [3.8, 4) is 0 Å². The summed E-state index contributed by atoms with van der Waals surface area (Å²) in [6.45, 7) is 3.46. The van der Waals surface area contributed by atoms with E-state index in [1.54, 1.807) is 55.7 Å². The standard InChI is InChI=1S/C21H26N6O4/c1-3-31-18(28)11-17(15-5-4-10-24-12-15)27-20(29)13(2)25-21(30)26-16-8-6-14(7-9-16)19(22)23/h4-10,12-13,17H,3,11H2,1-2H3,(H3,22,23)(H,27,29)(H2,25,26,30). The van der Waals surface area contributed by atoms with Gasteiger partial charge in [-0.05, 0) is 49.7 Å². The van der Waals surface area contributed by atoms with E-state index >= 15 is 0 Å². The van der Waals surface area contributed by atoms with Crippen LogP contribution in [0.2, 0.25) is 0 Å². The molecule has 0 aliphatic heterocycles. The zero-order chi connectivity index (χ0) is 22.8. The average molecular weight is 426 g/mol. The number of hydrogen-bond donors (Lipinski definition) is 5. The van der Waals surface area contributed by atoms with Crippen LogP contribution in [0.1, 0.15) is 37.4 Å². The van der Waals surface area contributed by atoms with Crippen LogP contribution < -0.4 is 21.7 Å². The van der Waals surface area contributed by atoms with Crippen molar-refractivity contribution in [3.05, 3.63) is 59.9 Å². The Kier molecular flexibility index (Phi) is 8.50. The fraction of sp³-hybridized carbons (Fsp3) is 0.286. The molecule has 0 bridgehead atoms.